The Bertz CT molecular complexity index is 132. The highest BCUT2D eigenvalue weighted by molar-refractivity contribution is 5.81. The van der Waals surface area contributed by atoms with E-state index in [0.29, 0.717) is 0 Å². The number of carbonyl (C=O) groups is 2. The molecule has 0 rings (SSSR count). The lowest BCUT2D eigenvalue weighted by Crippen LogP contribution is -2.36. The van der Waals surface area contributed by atoms with Gasteiger partial charge in [-0.2, -0.15) is 0 Å². The van der Waals surface area contributed by atoms with Gasteiger partial charge in [-0.15, -0.1) is 0 Å². The third kappa shape index (κ3) is 3.52. The SMILES string of the molecule is CC(=O)N[C@H](C)C(=O)O. The van der Waals surface area contributed by atoms with E-state index in [1.54, 1.807) is 0 Å². The lowest BCUT2D eigenvalue weighted by atomic mass is 10.3. The van der Waals surface area contributed by atoms with Gasteiger partial charge in [0.25, 0.3) is 0 Å². The second kappa shape index (κ2) is 3.06. The summed E-state index contributed by atoms with van der Waals surface area (Å²) in [5, 5.41) is 10.4. The molecule has 4 heteroatoms. The Morgan fingerprint density at radius 3 is 2.11 bits per heavy atom. The van der Waals surface area contributed by atoms with Crippen LogP contribution in [0, 0.1) is 0 Å². The highest BCUT2D eigenvalue weighted by Crippen LogP contribution is 1.78. The predicted octanol–water partition coefficient (Wildman–Crippen LogP) is -0.404. The molecule has 0 aliphatic heterocycles. The largest absolute Gasteiger partial charge is 0.480 e. The maximum atomic E-state index is 10.2. The van der Waals surface area contributed by atoms with E-state index in [4.69, 9.17) is 5.11 Å². The van der Waals surface area contributed by atoms with Crippen LogP contribution in [0.4, 0.5) is 0 Å². The first kappa shape index (κ1) is 7.94. The van der Waals surface area contributed by atoms with E-state index in [1.165, 1.54) is 13.8 Å². The smallest absolute Gasteiger partial charge is 0.325 e. The first-order valence-electron chi connectivity index (χ1n) is 2.54. The van der Waals surface area contributed by atoms with Crippen molar-refractivity contribution in [3.8, 4) is 0 Å². The van der Waals surface area contributed by atoms with Crippen LogP contribution < -0.4 is 5.32 Å². The number of carbonyl (C=O) groups excluding carboxylic acids is 1. The van der Waals surface area contributed by atoms with Crippen LogP contribution in [-0.4, -0.2) is 23.0 Å². The van der Waals surface area contributed by atoms with Crippen LogP contribution in [-0.2, 0) is 9.59 Å². The average molecular weight is 131 g/mol. The molecule has 0 spiro atoms. The van der Waals surface area contributed by atoms with Gasteiger partial charge in [0.05, 0.1) is 0 Å². The summed E-state index contributed by atoms with van der Waals surface area (Å²) in [4.78, 5) is 20.2. The average Bonchev–Trinajstić information content (AvgIpc) is 1.63. The topological polar surface area (TPSA) is 66.4 Å². The van der Waals surface area contributed by atoms with Gasteiger partial charge < -0.3 is 10.4 Å². The molecule has 0 unspecified atom stereocenters. The molecular weight excluding hydrogens is 122 g/mol. The predicted molar refractivity (Wildman–Crippen MR) is 30.9 cm³/mol. The fourth-order valence-corrected chi connectivity index (χ4v) is 0.367. The normalized spacial score (nSPS) is 12.2. The van der Waals surface area contributed by atoms with Crippen molar-refractivity contribution in [2.75, 3.05) is 0 Å². The number of hydrogen-bond donors (Lipinski definition) is 2. The van der Waals surface area contributed by atoms with E-state index in [-0.39, 0.29) is 5.91 Å². The minimum absolute atomic E-state index is 0.329. The molecule has 0 fully saturated rings. The van der Waals surface area contributed by atoms with Crippen LogP contribution in [0.25, 0.3) is 0 Å². The quantitative estimate of drug-likeness (QED) is 0.535. The van der Waals surface area contributed by atoms with Crippen molar-refractivity contribution in [3.05, 3.63) is 0 Å². The number of hydrogen-bond acceptors (Lipinski definition) is 2. The molecule has 1 amide bonds. The van der Waals surface area contributed by atoms with E-state index in [0.717, 1.165) is 0 Å². The van der Waals surface area contributed by atoms with Crippen molar-refractivity contribution in [2.45, 2.75) is 19.9 Å². The molecule has 0 heterocycles. The number of aliphatic carboxylic acids is 1. The van der Waals surface area contributed by atoms with Crippen molar-refractivity contribution < 1.29 is 14.7 Å². The molecule has 0 aromatic rings. The molecular formula is C5H9NO3. The number of carboxylic acid groups (broad SMARTS) is 1. The second-order valence-corrected chi connectivity index (χ2v) is 1.76. The van der Waals surface area contributed by atoms with E-state index >= 15 is 0 Å². The molecule has 0 aliphatic rings. The third-order valence-electron chi connectivity index (χ3n) is 0.790. The molecule has 4 nitrogen and oxygen atoms in total. The van der Waals surface area contributed by atoms with Gasteiger partial charge >= 0.3 is 5.97 Å². The van der Waals surface area contributed by atoms with Crippen molar-refractivity contribution in [2.24, 2.45) is 0 Å². The molecule has 0 bridgehead atoms. The van der Waals surface area contributed by atoms with Gasteiger partial charge in [0.1, 0.15) is 6.04 Å². The van der Waals surface area contributed by atoms with Crippen molar-refractivity contribution >= 4 is 11.9 Å². The van der Waals surface area contributed by atoms with Gasteiger partial charge in [-0.1, -0.05) is 0 Å². The summed E-state index contributed by atoms with van der Waals surface area (Å²) in [6.07, 6.45) is 0. The summed E-state index contributed by atoms with van der Waals surface area (Å²) in [7, 11) is 0. The molecule has 0 aliphatic carbocycles. The van der Waals surface area contributed by atoms with E-state index in [9.17, 15) is 9.59 Å². The van der Waals surface area contributed by atoms with Crippen LogP contribution in [0.1, 0.15) is 13.8 Å². The summed E-state index contributed by atoms with van der Waals surface area (Å²) >= 11 is 0. The summed E-state index contributed by atoms with van der Waals surface area (Å²) in [5.74, 6) is -1.35. The number of amides is 1. The van der Waals surface area contributed by atoms with E-state index in [2.05, 4.69) is 5.32 Å². The molecule has 0 saturated carbocycles. The highest BCUT2D eigenvalue weighted by atomic mass is 16.4. The zero-order valence-corrected chi connectivity index (χ0v) is 5.34. The lowest BCUT2D eigenvalue weighted by Gasteiger charge is -2.04. The van der Waals surface area contributed by atoms with Gasteiger partial charge in [-0.25, -0.2) is 0 Å². The van der Waals surface area contributed by atoms with Gasteiger partial charge in [-0.3, -0.25) is 9.59 Å². The van der Waals surface area contributed by atoms with Gasteiger partial charge in [0, 0.05) is 6.92 Å². The van der Waals surface area contributed by atoms with Gasteiger partial charge in [0.2, 0.25) is 5.91 Å². The molecule has 9 heavy (non-hydrogen) atoms. The maximum absolute atomic E-state index is 10.2. The van der Waals surface area contributed by atoms with Gasteiger partial charge in [0.15, 0.2) is 0 Å². The number of carboxylic acids is 1. The van der Waals surface area contributed by atoms with Crippen molar-refractivity contribution in [1.82, 2.24) is 5.32 Å². The van der Waals surface area contributed by atoms with Crippen molar-refractivity contribution in [1.29, 1.82) is 0 Å². The van der Waals surface area contributed by atoms with Crippen molar-refractivity contribution in [3.63, 3.8) is 0 Å². The third-order valence-corrected chi connectivity index (χ3v) is 0.790. The summed E-state index contributed by atoms with van der Waals surface area (Å²) < 4.78 is 0. The minimum atomic E-state index is -1.02. The number of nitrogens with one attached hydrogen (secondary N) is 1. The highest BCUT2D eigenvalue weighted by Gasteiger charge is 2.09. The summed E-state index contributed by atoms with van der Waals surface area (Å²) in [6, 6.07) is -0.789. The molecule has 0 aromatic heterocycles. The van der Waals surface area contributed by atoms with Crippen LogP contribution in [0.15, 0.2) is 0 Å². The Morgan fingerprint density at radius 2 is 2.00 bits per heavy atom. The molecule has 0 saturated heterocycles. The summed E-state index contributed by atoms with van der Waals surface area (Å²) in [5.41, 5.74) is 0. The molecule has 0 radical (unpaired) electrons. The Hall–Kier alpha value is -1.06. The molecule has 0 aromatic carbocycles. The van der Waals surface area contributed by atoms with Crippen LogP contribution >= 0.6 is 0 Å². The number of rotatable bonds is 2. The Kier molecular flexibility index (Phi) is 2.70. The Morgan fingerprint density at radius 1 is 1.56 bits per heavy atom. The fourth-order valence-electron chi connectivity index (χ4n) is 0.367. The second-order valence-electron chi connectivity index (χ2n) is 1.76. The first-order chi connectivity index (χ1) is 4.04. The molecule has 52 valence electrons. The first-order valence-corrected chi connectivity index (χ1v) is 2.54. The fraction of sp³-hybridized carbons (Fsp3) is 0.600. The lowest BCUT2D eigenvalue weighted by molar-refractivity contribution is -0.140. The van der Waals surface area contributed by atoms with Gasteiger partial charge in [-0.05, 0) is 6.92 Å². The van der Waals surface area contributed by atoms with Crippen LogP contribution in [0.3, 0.4) is 0 Å². The minimum Gasteiger partial charge on any atom is -0.480 e. The Labute approximate surface area is 52.9 Å². The Balaban J connectivity index is 3.63. The zero-order chi connectivity index (χ0) is 7.44. The van der Waals surface area contributed by atoms with Crippen LogP contribution in [0.2, 0.25) is 0 Å². The molecule has 1 atom stereocenters. The molecule has 2 N–H and O–H groups in total. The zero-order valence-electron chi connectivity index (χ0n) is 5.34. The van der Waals surface area contributed by atoms with E-state index in [1.807, 2.05) is 0 Å². The standard InChI is InChI=1S/C5H9NO3/c1-3(5(8)9)6-4(2)7/h3H,1-2H3,(H,6,7)(H,8,9)/t3-/m1/s1. The van der Waals surface area contributed by atoms with E-state index < -0.39 is 12.0 Å². The summed E-state index contributed by atoms with van der Waals surface area (Å²) in [6.45, 7) is 2.68. The maximum Gasteiger partial charge on any atom is 0.325 e. The van der Waals surface area contributed by atoms with Crippen LogP contribution in [0.5, 0.6) is 0 Å². The monoisotopic (exact) mass is 131 g/mol.